The summed E-state index contributed by atoms with van der Waals surface area (Å²) in [6.07, 6.45) is 45.7. The quantitative estimate of drug-likeness (QED) is 0.0591. The summed E-state index contributed by atoms with van der Waals surface area (Å²) in [5.41, 5.74) is 5.35. The number of primary amides is 1. The Labute approximate surface area is 294 Å². The van der Waals surface area contributed by atoms with Crippen LogP contribution in [0.4, 0.5) is 0 Å². The third kappa shape index (κ3) is 28.0. The molecule has 1 fully saturated rings. The first-order valence-electron chi connectivity index (χ1n) is 19.8. The van der Waals surface area contributed by atoms with Crippen LogP contribution in [0.1, 0.15) is 221 Å². The van der Waals surface area contributed by atoms with E-state index in [0.29, 0.717) is 12.2 Å². The van der Waals surface area contributed by atoms with Crippen LogP contribution in [0.25, 0.3) is 0 Å². The Hall–Kier alpha value is -1.09. The maximum atomic E-state index is 12.3. The number of allylic oxidation sites excluding steroid dienone is 4. The van der Waals surface area contributed by atoms with Crippen molar-refractivity contribution in [2.24, 2.45) is 16.6 Å². The number of hydrogen-bond donors (Lipinski definition) is 1. The second kappa shape index (κ2) is 32.5. The number of halogens is 1. The van der Waals surface area contributed by atoms with Gasteiger partial charge in [-0.05, 0) is 76.0 Å². The van der Waals surface area contributed by atoms with Crippen molar-refractivity contribution in [3.63, 3.8) is 0 Å². The van der Waals surface area contributed by atoms with Crippen LogP contribution in [0.5, 0.6) is 0 Å². The SMILES string of the molecule is CCCCCCCC/C=C\CCCCCCCC(=O)C1(C)CC1(C)C.CCCCCCCC/C=C\CCCCCCCC(N)=O.Cl. The lowest BCUT2D eigenvalue weighted by molar-refractivity contribution is -0.124. The Bertz CT molecular complexity index is 759. The lowest BCUT2D eigenvalue weighted by Crippen LogP contribution is -2.17. The van der Waals surface area contributed by atoms with Gasteiger partial charge in [0.1, 0.15) is 5.78 Å². The van der Waals surface area contributed by atoms with E-state index < -0.39 is 0 Å². The van der Waals surface area contributed by atoms with E-state index in [1.54, 1.807) is 0 Å². The van der Waals surface area contributed by atoms with Gasteiger partial charge in [0.2, 0.25) is 5.91 Å². The van der Waals surface area contributed by atoms with Crippen LogP contribution >= 0.6 is 12.4 Å². The summed E-state index contributed by atoms with van der Waals surface area (Å²) in [5.74, 6) is 0.345. The molecule has 1 rings (SSSR count). The van der Waals surface area contributed by atoms with Gasteiger partial charge < -0.3 is 5.73 Å². The highest BCUT2D eigenvalue weighted by Gasteiger charge is 2.61. The summed E-state index contributed by atoms with van der Waals surface area (Å²) in [7, 11) is 0. The Kier molecular flexibility index (Phi) is 33.2. The average molecular weight is 667 g/mol. The Morgan fingerprint density at radius 3 is 1.09 bits per heavy atom. The van der Waals surface area contributed by atoms with Gasteiger partial charge in [-0.1, -0.05) is 162 Å². The molecule has 1 atom stereocenters. The van der Waals surface area contributed by atoms with Gasteiger partial charge in [0.25, 0.3) is 0 Å². The van der Waals surface area contributed by atoms with E-state index in [1.165, 1.54) is 148 Å². The molecule has 46 heavy (non-hydrogen) atoms. The monoisotopic (exact) mass is 666 g/mol. The molecule has 3 nitrogen and oxygen atoms in total. The van der Waals surface area contributed by atoms with Crippen molar-refractivity contribution in [2.45, 2.75) is 221 Å². The fourth-order valence-corrected chi connectivity index (χ4v) is 6.32. The number of carbonyl (C=O) groups excluding carboxylic acids is 2. The number of rotatable bonds is 31. The van der Waals surface area contributed by atoms with Crippen molar-refractivity contribution in [2.75, 3.05) is 0 Å². The highest BCUT2D eigenvalue weighted by atomic mass is 35.5. The van der Waals surface area contributed by atoms with Crippen LogP contribution in [0.15, 0.2) is 24.3 Å². The van der Waals surface area contributed by atoms with Crippen molar-refractivity contribution in [1.82, 2.24) is 0 Å². The van der Waals surface area contributed by atoms with Crippen LogP contribution in [0.3, 0.4) is 0 Å². The first-order chi connectivity index (χ1) is 21.7. The van der Waals surface area contributed by atoms with Gasteiger partial charge in [-0.15, -0.1) is 12.4 Å². The summed E-state index contributed by atoms with van der Waals surface area (Å²) in [6.45, 7) is 11.2. The van der Waals surface area contributed by atoms with Gasteiger partial charge in [0.05, 0.1) is 0 Å². The largest absolute Gasteiger partial charge is 0.370 e. The maximum absolute atomic E-state index is 12.3. The average Bonchev–Trinajstić information content (AvgIpc) is 3.55. The topological polar surface area (TPSA) is 60.2 Å². The third-order valence-corrected chi connectivity index (χ3v) is 10.1. The zero-order valence-electron chi connectivity index (χ0n) is 31.6. The standard InChI is InChI=1S/C24H44O.C18H35NO.ClH/c1-5-6-7-8-9-10-11-12-13-14-15-16-17-18-19-20-22(25)24(4)21-23(24,2)3;1-2-3-4-5-6-7-8-9-10-11-12-13-14-15-16-17-18(19)20;/h12-13H,5-11,14-21H2,1-4H3;9-10H,2-8,11-17H2,1H3,(H2,19,20);1H/b13-12-;10-9-;. The molecular weight excluding hydrogens is 586 g/mol. The number of carbonyl (C=O) groups is 2. The minimum Gasteiger partial charge on any atom is -0.370 e. The maximum Gasteiger partial charge on any atom is 0.217 e. The minimum atomic E-state index is -0.164. The molecule has 1 aliphatic carbocycles. The second-order valence-electron chi connectivity index (χ2n) is 15.0. The van der Waals surface area contributed by atoms with Crippen LogP contribution in [-0.2, 0) is 9.59 Å². The molecule has 0 aromatic carbocycles. The normalized spacial score (nSPS) is 16.7. The molecule has 1 aliphatic rings. The number of nitrogens with two attached hydrogens (primary N) is 1. The summed E-state index contributed by atoms with van der Waals surface area (Å²) in [5, 5.41) is 0. The Morgan fingerprint density at radius 1 is 0.500 bits per heavy atom. The predicted molar refractivity (Wildman–Crippen MR) is 207 cm³/mol. The molecule has 0 aromatic heterocycles. The predicted octanol–water partition coefficient (Wildman–Crippen LogP) is 14.0. The molecular formula is C42H80ClNO2. The molecule has 1 unspecified atom stereocenters. The fraction of sp³-hybridized carbons (Fsp3) is 0.857. The van der Waals surface area contributed by atoms with Crippen molar-refractivity contribution < 1.29 is 9.59 Å². The van der Waals surface area contributed by atoms with E-state index in [1.807, 2.05) is 0 Å². The van der Waals surface area contributed by atoms with E-state index in [4.69, 9.17) is 5.73 Å². The lowest BCUT2D eigenvalue weighted by Gasteiger charge is -2.13. The van der Waals surface area contributed by atoms with Gasteiger partial charge in [-0.25, -0.2) is 0 Å². The number of unbranched alkanes of at least 4 members (excludes halogenated alkanes) is 22. The van der Waals surface area contributed by atoms with E-state index in [0.717, 1.165) is 32.1 Å². The van der Waals surface area contributed by atoms with Crippen molar-refractivity contribution in [1.29, 1.82) is 0 Å². The summed E-state index contributed by atoms with van der Waals surface area (Å²) >= 11 is 0. The lowest BCUT2D eigenvalue weighted by atomic mass is 9.90. The van der Waals surface area contributed by atoms with Crippen LogP contribution < -0.4 is 5.73 Å². The van der Waals surface area contributed by atoms with E-state index in [9.17, 15) is 9.59 Å². The smallest absolute Gasteiger partial charge is 0.217 e. The van der Waals surface area contributed by atoms with E-state index >= 15 is 0 Å². The Balaban J connectivity index is 0. The molecule has 4 heteroatoms. The zero-order chi connectivity index (χ0) is 33.5. The number of ketones is 1. The van der Waals surface area contributed by atoms with E-state index in [-0.39, 0.29) is 29.1 Å². The molecule has 0 heterocycles. The van der Waals surface area contributed by atoms with Crippen LogP contribution in [0.2, 0.25) is 0 Å². The fourth-order valence-electron chi connectivity index (χ4n) is 6.32. The van der Waals surface area contributed by atoms with Crippen molar-refractivity contribution in [3.05, 3.63) is 24.3 Å². The van der Waals surface area contributed by atoms with Crippen molar-refractivity contribution in [3.8, 4) is 0 Å². The Morgan fingerprint density at radius 2 is 0.783 bits per heavy atom. The molecule has 0 saturated heterocycles. The highest BCUT2D eigenvalue weighted by Crippen LogP contribution is 2.64. The first-order valence-corrected chi connectivity index (χ1v) is 19.8. The van der Waals surface area contributed by atoms with Gasteiger partial charge >= 0.3 is 0 Å². The van der Waals surface area contributed by atoms with Gasteiger partial charge in [-0.3, -0.25) is 9.59 Å². The molecule has 2 N–H and O–H groups in total. The summed E-state index contributed by atoms with van der Waals surface area (Å²) in [6, 6.07) is 0. The van der Waals surface area contributed by atoms with Gasteiger partial charge in [0, 0.05) is 18.3 Å². The van der Waals surface area contributed by atoms with Crippen LogP contribution in [0, 0.1) is 10.8 Å². The molecule has 0 bridgehead atoms. The van der Waals surface area contributed by atoms with Crippen LogP contribution in [-0.4, -0.2) is 11.7 Å². The summed E-state index contributed by atoms with van der Waals surface area (Å²) < 4.78 is 0. The first kappa shape index (κ1) is 47.0. The number of amides is 1. The number of Topliss-reactive ketones (excluding diaryl/α,β-unsaturated/α-hetero) is 1. The number of hydrogen-bond acceptors (Lipinski definition) is 2. The molecule has 1 saturated carbocycles. The second-order valence-corrected chi connectivity index (χ2v) is 15.0. The summed E-state index contributed by atoms with van der Waals surface area (Å²) in [4.78, 5) is 22.8. The van der Waals surface area contributed by atoms with Gasteiger partial charge in [-0.2, -0.15) is 0 Å². The minimum absolute atomic E-state index is 0. The third-order valence-electron chi connectivity index (χ3n) is 10.1. The highest BCUT2D eigenvalue weighted by molar-refractivity contribution is 5.88. The van der Waals surface area contributed by atoms with Gasteiger partial charge in [0.15, 0.2) is 0 Å². The molecule has 0 aromatic rings. The molecule has 272 valence electrons. The molecule has 0 radical (unpaired) electrons. The van der Waals surface area contributed by atoms with E-state index in [2.05, 4.69) is 58.9 Å². The zero-order valence-corrected chi connectivity index (χ0v) is 32.4. The van der Waals surface area contributed by atoms with Crippen molar-refractivity contribution >= 4 is 24.1 Å². The molecule has 1 amide bonds. The molecule has 0 spiro atoms. The molecule has 0 aliphatic heterocycles.